The Bertz CT molecular complexity index is 775. The van der Waals surface area contributed by atoms with E-state index in [1.807, 2.05) is 11.8 Å². The third kappa shape index (κ3) is 1.85. The van der Waals surface area contributed by atoms with Crippen molar-refractivity contribution in [2.24, 2.45) is 0 Å². The van der Waals surface area contributed by atoms with Crippen molar-refractivity contribution in [2.75, 3.05) is 11.5 Å². The number of aryl methyl sites for hydroxylation is 2. The number of rotatable bonds is 1. The standard InChI is InChI=1S/C15H15N3OS/c1-10-3-2-4-11-9-12(19-14(10)11)15-17-16-13-5-7-20-8-6-18(13)15/h2-4,9H,5-8H2,1H3. The number of hydrogen-bond donors (Lipinski definition) is 0. The lowest BCUT2D eigenvalue weighted by molar-refractivity contribution is 0.610. The summed E-state index contributed by atoms with van der Waals surface area (Å²) < 4.78 is 8.22. The van der Waals surface area contributed by atoms with Crippen LogP contribution in [-0.4, -0.2) is 26.3 Å². The largest absolute Gasteiger partial charge is 0.452 e. The van der Waals surface area contributed by atoms with Gasteiger partial charge in [0.1, 0.15) is 11.4 Å². The number of thioether (sulfide) groups is 1. The molecule has 0 saturated carbocycles. The van der Waals surface area contributed by atoms with Crippen LogP contribution in [0.3, 0.4) is 0 Å². The summed E-state index contributed by atoms with van der Waals surface area (Å²) in [6, 6.07) is 8.26. The van der Waals surface area contributed by atoms with Gasteiger partial charge in [0, 0.05) is 29.9 Å². The van der Waals surface area contributed by atoms with Crippen LogP contribution in [0.4, 0.5) is 0 Å². The highest BCUT2D eigenvalue weighted by Gasteiger charge is 2.19. The molecule has 1 aliphatic rings. The van der Waals surface area contributed by atoms with Crippen LogP contribution in [0, 0.1) is 6.92 Å². The molecule has 4 nitrogen and oxygen atoms in total. The van der Waals surface area contributed by atoms with Crippen LogP contribution in [0.2, 0.25) is 0 Å². The molecule has 0 saturated heterocycles. The van der Waals surface area contributed by atoms with Gasteiger partial charge in [0.05, 0.1) is 0 Å². The number of hydrogen-bond acceptors (Lipinski definition) is 4. The lowest BCUT2D eigenvalue weighted by Crippen LogP contribution is -2.04. The zero-order valence-corrected chi connectivity index (χ0v) is 12.1. The third-order valence-corrected chi connectivity index (χ3v) is 4.68. The summed E-state index contributed by atoms with van der Waals surface area (Å²) in [4.78, 5) is 0. The minimum Gasteiger partial charge on any atom is -0.452 e. The highest BCUT2D eigenvalue weighted by Crippen LogP contribution is 2.30. The molecule has 1 aromatic carbocycles. The first-order valence-corrected chi connectivity index (χ1v) is 7.98. The van der Waals surface area contributed by atoms with Crippen LogP contribution >= 0.6 is 11.8 Å². The molecule has 0 unspecified atom stereocenters. The van der Waals surface area contributed by atoms with E-state index >= 15 is 0 Å². The number of benzene rings is 1. The average Bonchev–Trinajstić information content (AvgIpc) is 2.97. The maximum Gasteiger partial charge on any atom is 0.199 e. The van der Waals surface area contributed by atoms with Crippen molar-refractivity contribution in [3.8, 4) is 11.6 Å². The van der Waals surface area contributed by atoms with Crippen molar-refractivity contribution in [1.82, 2.24) is 14.8 Å². The minimum absolute atomic E-state index is 0.819. The molecule has 0 bridgehead atoms. The monoisotopic (exact) mass is 285 g/mol. The molecule has 5 heteroatoms. The lowest BCUT2D eigenvalue weighted by Gasteiger charge is -2.03. The van der Waals surface area contributed by atoms with E-state index < -0.39 is 0 Å². The van der Waals surface area contributed by atoms with Crippen molar-refractivity contribution in [2.45, 2.75) is 19.9 Å². The van der Waals surface area contributed by atoms with Gasteiger partial charge in [0.2, 0.25) is 0 Å². The van der Waals surface area contributed by atoms with E-state index in [2.05, 4.69) is 46.0 Å². The second-order valence-electron chi connectivity index (χ2n) is 5.06. The van der Waals surface area contributed by atoms with E-state index in [0.29, 0.717) is 0 Å². The van der Waals surface area contributed by atoms with Gasteiger partial charge in [-0.05, 0) is 18.6 Å². The normalized spacial score (nSPS) is 15.2. The predicted molar refractivity (Wildman–Crippen MR) is 81.0 cm³/mol. The van der Waals surface area contributed by atoms with Crippen LogP contribution in [0.5, 0.6) is 0 Å². The Labute approximate surface area is 121 Å². The summed E-state index contributed by atoms with van der Waals surface area (Å²) in [7, 11) is 0. The van der Waals surface area contributed by atoms with Gasteiger partial charge < -0.3 is 8.98 Å². The fraction of sp³-hybridized carbons (Fsp3) is 0.333. The molecule has 0 fully saturated rings. The Balaban J connectivity index is 1.87. The molecule has 0 atom stereocenters. The quantitative estimate of drug-likeness (QED) is 0.688. The summed E-state index contributed by atoms with van der Waals surface area (Å²) in [6.45, 7) is 3.02. The Morgan fingerprint density at radius 1 is 1.25 bits per heavy atom. The zero-order valence-electron chi connectivity index (χ0n) is 11.3. The van der Waals surface area contributed by atoms with Crippen molar-refractivity contribution >= 4 is 22.7 Å². The Morgan fingerprint density at radius 2 is 2.20 bits per heavy atom. The molecule has 3 heterocycles. The number of aromatic nitrogens is 3. The van der Waals surface area contributed by atoms with E-state index in [4.69, 9.17) is 4.42 Å². The third-order valence-electron chi connectivity index (χ3n) is 3.72. The summed E-state index contributed by atoms with van der Waals surface area (Å²) in [5.41, 5.74) is 2.10. The number of para-hydroxylation sites is 1. The van der Waals surface area contributed by atoms with E-state index in [1.54, 1.807) is 0 Å². The average molecular weight is 285 g/mol. The molecule has 1 aliphatic heterocycles. The van der Waals surface area contributed by atoms with Crippen LogP contribution in [-0.2, 0) is 13.0 Å². The molecule has 20 heavy (non-hydrogen) atoms. The number of furan rings is 1. The number of fused-ring (bicyclic) bond motifs is 2. The fourth-order valence-electron chi connectivity index (χ4n) is 2.68. The molecule has 0 amide bonds. The smallest absolute Gasteiger partial charge is 0.199 e. The van der Waals surface area contributed by atoms with Gasteiger partial charge in [0.15, 0.2) is 11.6 Å². The fourth-order valence-corrected chi connectivity index (χ4v) is 3.52. The molecule has 0 spiro atoms. The van der Waals surface area contributed by atoms with E-state index in [9.17, 15) is 0 Å². The van der Waals surface area contributed by atoms with E-state index in [1.165, 1.54) is 0 Å². The van der Waals surface area contributed by atoms with Gasteiger partial charge in [0.25, 0.3) is 0 Å². The summed E-state index contributed by atoms with van der Waals surface area (Å²) >= 11 is 1.97. The second-order valence-corrected chi connectivity index (χ2v) is 6.28. The van der Waals surface area contributed by atoms with E-state index in [-0.39, 0.29) is 0 Å². The van der Waals surface area contributed by atoms with Crippen molar-refractivity contribution in [1.29, 1.82) is 0 Å². The maximum atomic E-state index is 6.02. The van der Waals surface area contributed by atoms with Crippen LogP contribution in [0.15, 0.2) is 28.7 Å². The topological polar surface area (TPSA) is 43.9 Å². The summed E-state index contributed by atoms with van der Waals surface area (Å²) in [5.74, 6) is 4.98. The van der Waals surface area contributed by atoms with Gasteiger partial charge in [-0.3, -0.25) is 0 Å². The van der Waals surface area contributed by atoms with Gasteiger partial charge in [-0.15, -0.1) is 10.2 Å². The summed E-state index contributed by atoms with van der Waals surface area (Å²) in [5, 5.41) is 9.80. The summed E-state index contributed by atoms with van der Waals surface area (Å²) in [6.07, 6.45) is 0.983. The molecule has 0 aliphatic carbocycles. The highest BCUT2D eigenvalue weighted by atomic mass is 32.2. The van der Waals surface area contributed by atoms with Gasteiger partial charge >= 0.3 is 0 Å². The van der Waals surface area contributed by atoms with Crippen molar-refractivity contribution in [3.05, 3.63) is 35.7 Å². The molecule has 102 valence electrons. The molecular weight excluding hydrogens is 270 g/mol. The molecule has 0 N–H and O–H groups in total. The van der Waals surface area contributed by atoms with E-state index in [0.717, 1.165) is 58.4 Å². The second kappa shape index (κ2) is 4.66. The van der Waals surface area contributed by atoms with Gasteiger partial charge in [-0.25, -0.2) is 0 Å². The predicted octanol–water partition coefficient (Wildman–Crippen LogP) is 3.29. The van der Waals surface area contributed by atoms with Crippen LogP contribution in [0.25, 0.3) is 22.6 Å². The maximum absolute atomic E-state index is 6.02. The molecule has 4 rings (SSSR count). The molecular formula is C15H15N3OS. The van der Waals surface area contributed by atoms with Crippen molar-refractivity contribution in [3.63, 3.8) is 0 Å². The SMILES string of the molecule is Cc1cccc2cc(-c3nnc4n3CCSCC4)oc12. The molecule has 3 aromatic rings. The minimum atomic E-state index is 0.819. The van der Waals surface area contributed by atoms with Crippen LogP contribution in [0.1, 0.15) is 11.4 Å². The first kappa shape index (κ1) is 12.0. The Kier molecular flexibility index (Phi) is 2.80. The zero-order chi connectivity index (χ0) is 13.5. The van der Waals surface area contributed by atoms with Crippen LogP contribution < -0.4 is 0 Å². The Hall–Kier alpha value is -1.75. The molecule has 0 radical (unpaired) electrons. The van der Waals surface area contributed by atoms with Crippen molar-refractivity contribution < 1.29 is 4.42 Å². The Morgan fingerprint density at radius 3 is 3.10 bits per heavy atom. The molecule has 2 aromatic heterocycles. The first-order chi connectivity index (χ1) is 9.83. The van der Waals surface area contributed by atoms with Gasteiger partial charge in [-0.1, -0.05) is 18.2 Å². The number of nitrogens with zero attached hydrogens (tertiary/aromatic N) is 3. The first-order valence-electron chi connectivity index (χ1n) is 6.82. The highest BCUT2D eigenvalue weighted by molar-refractivity contribution is 7.99. The lowest BCUT2D eigenvalue weighted by atomic mass is 10.2. The van der Waals surface area contributed by atoms with Gasteiger partial charge in [-0.2, -0.15) is 11.8 Å².